The van der Waals surface area contributed by atoms with Gasteiger partial charge < -0.3 is 14.7 Å². The quantitative estimate of drug-likeness (QED) is 0.393. The molecule has 166 valence electrons. The third-order valence-electron chi connectivity index (χ3n) is 5.11. The standard InChI is InChI=1S/C23H23ClN4O3S/c1-4-31-18-9-14(5-6-16(18)19-7-8-20(24)32-19)23(30)28(3)12-15-10-25-21(13(2)29)17-11-26-27-22(15)17/h5-11,13,29H,4,12H2,1-3H3,(H,26,27). The van der Waals surface area contributed by atoms with Gasteiger partial charge in [-0.15, -0.1) is 11.3 Å². The number of nitrogens with zero attached hydrogens (tertiary/aromatic N) is 3. The Morgan fingerprint density at radius 3 is 2.81 bits per heavy atom. The van der Waals surface area contributed by atoms with Crippen molar-refractivity contribution >= 4 is 39.7 Å². The number of rotatable bonds is 7. The lowest BCUT2D eigenvalue weighted by Crippen LogP contribution is -2.26. The summed E-state index contributed by atoms with van der Waals surface area (Å²) in [6.07, 6.45) is 2.60. The van der Waals surface area contributed by atoms with Gasteiger partial charge in [-0.1, -0.05) is 11.6 Å². The van der Waals surface area contributed by atoms with Crippen LogP contribution in [-0.2, 0) is 6.54 Å². The summed E-state index contributed by atoms with van der Waals surface area (Å²) >= 11 is 7.56. The predicted molar refractivity (Wildman–Crippen MR) is 126 cm³/mol. The number of H-pyrrole nitrogens is 1. The zero-order valence-electron chi connectivity index (χ0n) is 17.9. The van der Waals surface area contributed by atoms with Crippen LogP contribution in [0.1, 0.15) is 41.6 Å². The van der Waals surface area contributed by atoms with Gasteiger partial charge >= 0.3 is 0 Å². The molecule has 0 bridgehead atoms. The first-order chi connectivity index (χ1) is 15.4. The Morgan fingerprint density at radius 1 is 1.31 bits per heavy atom. The molecule has 0 saturated heterocycles. The number of pyridine rings is 1. The van der Waals surface area contributed by atoms with Gasteiger partial charge in [-0.3, -0.25) is 14.9 Å². The van der Waals surface area contributed by atoms with E-state index in [2.05, 4.69) is 15.2 Å². The van der Waals surface area contributed by atoms with E-state index < -0.39 is 6.10 Å². The van der Waals surface area contributed by atoms with E-state index in [0.29, 0.717) is 34.5 Å². The number of ether oxygens (including phenoxy) is 1. The summed E-state index contributed by atoms with van der Waals surface area (Å²) in [5.74, 6) is 0.498. The Kier molecular flexibility index (Phi) is 6.45. The van der Waals surface area contributed by atoms with Crippen LogP contribution in [-0.4, -0.2) is 44.7 Å². The highest BCUT2D eigenvalue weighted by molar-refractivity contribution is 7.19. The van der Waals surface area contributed by atoms with Crippen LogP contribution in [0.15, 0.2) is 42.7 Å². The normalized spacial score (nSPS) is 12.2. The predicted octanol–water partition coefficient (Wildman–Crippen LogP) is 5.06. The van der Waals surface area contributed by atoms with Gasteiger partial charge in [0, 0.05) is 46.7 Å². The van der Waals surface area contributed by atoms with Crippen molar-refractivity contribution in [2.75, 3.05) is 13.7 Å². The van der Waals surface area contributed by atoms with Crippen LogP contribution in [0.25, 0.3) is 21.3 Å². The van der Waals surface area contributed by atoms with Gasteiger partial charge in [0.1, 0.15) is 5.75 Å². The summed E-state index contributed by atoms with van der Waals surface area (Å²) in [7, 11) is 1.74. The number of amides is 1. The van der Waals surface area contributed by atoms with Gasteiger partial charge in [0.25, 0.3) is 5.91 Å². The maximum absolute atomic E-state index is 13.2. The number of aromatic nitrogens is 3. The highest BCUT2D eigenvalue weighted by Gasteiger charge is 2.19. The minimum atomic E-state index is -0.711. The molecule has 4 aromatic rings. The highest BCUT2D eigenvalue weighted by Crippen LogP contribution is 2.37. The first kappa shape index (κ1) is 22.3. The van der Waals surface area contributed by atoms with Crippen molar-refractivity contribution in [3.05, 3.63) is 63.9 Å². The van der Waals surface area contributed by atoms with Crippen LogP contribution >= 0.6 is 22.9 Å². The van der Waals surface area contributed by atoms with Crippen molar-refractivity contribution in [1.82, 2.24) is 20.1 Å². The molecule has 9 heteroatoms. The Morgan fingerprint density at radius 2 is 2.12 bits per heavy atom. The van der Waals surface area contributed by atoms with Crippen molar-refractivity contribution in [2.45, 2.75) is 26.5 Å². The molecule has 7 nitrogen and oxygen atoms in total. The van der Waals surface area contributed by atoms with Crippen LogP contribution in [0.5, 0.6) is 5.75 Å². The summed E-state index contributed by atoms with van der Waals surface area (Å²) in [5, 5.41) is 17.7. The molecular formula is C23H23ClN4O3S. The smallest absolute Gasteiger partial charge is 0.254 e. The number of fused-ring (bicyclic) bond motifs is 1. The van der Waals surface area contributed by atoms with Gasteiger partial charge in [-0.25, -0.2) is 0 Å². The number of hydrogen-bond acceptors (Lipinski definition) is 6. The number of nitrogens with one attached hydrogen (secondary N) is 1. The van der Waals surface area contributed by atoms with E-state index >= 15 is 0 Å². The molecule has 0 saturated carbocycles. The molecule has 3 heterocycles. The van der Waals surface area contributed by atoms with Gasteiger partial charge in [-0.2, -0.15) is 5.10 Å². The zero-order chi connectivity index (χ0) is 22.8. The fraction of sp³-hybridized carbons (Fsp3) is 0.261. The third kappa shape index (κ3) is 4.34. The molecule has 0 radical (unpaired) electrons. The van der Waals surface area contributed by atoms with Crippen molar-refractivity contribution in [1.29, 1.82) is 0 Å². The van der Waals surface area contributed by atoms with E-state index in [1.807, 2.05) is 25.1 Å². The molecule has 1 atom stereocenters. The lowest BCUT2D eigenvalue weighted by molar-refractivity contribution is 0.0785. The lowest BCUT2D eigenvalue weighted by Gasteiger charge is -2.19. The molecule has 0 fully saturated rings. The minimum absolute atomic E-state index is 0.144. The third-order valence-corrected chi connectivity index (χ3v) is 6.38. The second-order valence-electron chi connectivity index (χ2n) is 7.41. The molecule has 0 aliphatic rings. The number of thiophene rings is 1. The summed E-state index contributed by atoms with van der Waals surface area (Å²) in [6.45, 7) is 4.38. The zero-order valence-corrected chi connectivity index (χ0v) is 19.5. The lowest BCUT2D eigenvalue weighted by atomic mass is 10.1. The van der Waals surface area contributed by atoms with Gasteiger partial charge in [0.2, 0.25) is 0 Å². The maximum Gasteiger partial charge on any atom is 0.254 e. The molecule has 0 aliphatic heterocycles. The van der Waals surface area contributed by atoms with E-state index in [1.54, 1.807) is 43.4 Å². The number of aliphatic hydroxyl groups excluding tert-OH is 1. The number of carbonyl (C=O) groups excluding carboxylic acids is 1. The second kappa shape index (κ2) is 9.28. The Hall–Kier alpha value is -2.94. The van der Waals surface area contributed by atoms with Gasteiger partial charge in [-0.05, 0) is 44.2 Å². The molecule has 1 amide bonds. The van der Waals surface area contributed by atoms with Crippen LogP contribution in [0.4, 0.5) is 0 Å². The summed E-state index contributed by atoms with van der Waals surface area (Å²) < 4.78 is 6.52. The highest BCUT2D eigenvalue weighted by atomic mass is 35.5. The van der Waals surface area contributed by atoms with Gasteiger partial charge in [0.05, 0.1) is 34.5 Å². The van der Waals surface area contributed by atoms with Crippen molar-refractivity contribution < 1.29 is 14.6 Å². The molecule has 1 aromatic carbocycles. The van der Waals surface area contributed by atoms with Crippen molar-refractivity contribution in [3.63, 3.8) is 0 Å². The van der Waals surface area contributed by atoms with E-state index in [1.165, 1.54) is 11.3 Å². The summed E-state index contributed by atoms with van der Waals surface area (Å²) in [5.41, 5.74) is 3.55. The van der Waals surface area contributed by atoms with Crippen molar-refractivity contribution in [3.8, 4) is 16.2 Å². The Bertz CT molecular complexity index is 1270. The molecule has 0 aliphatic carbocycles. The van der Waals surface area contributed by atoms with Crippen LogP contribution in [0.3, 0.4) is 0 Å². The summed E-state index contributed by atoms with van der Waals surface area (Å²) in [6, 6.07) is 9.24. The number of benzene rings is 1. The van der Waals surface area contributed by atoms with E-state index in [9.17, 15) is 9.90 Å². The average Bonchev–Trinajstić information content (AvgIpc) is 3.43. The largest absolute Gasteiger partial charge is 0.493 e. The summed E-state index contributed by atoms with van der Waals surface area (Å²) in [4.78, 5) is 20.1. The van der Waals surface area contributed by atoms with Crippen LogP contribution < -0.4 is 4.74 Å². The number of aliphatic hydroxyl groups is 1. The van der Waals surface area contributed by atoms with Crippen LogP contribution in [0.2, 0.25) is 4.34 Å². The van der Waals surface area contributed by atoms with Crippen LogP contribution in [0, 0.1) is 0 Å². The number of halogens is 1. The number of hydrogen-bond donors (Lipinski definition) is 2. The molecule has 32 heavy (non-hydrogen) atoms. The Labute approximate surface area is 194 Å². The molecular weight excluding hydrogens is 448 g/mol. The molecule has 3 aromatic heterocycles. The number of aromatic amines is 1. The minimum Gasteiger partial charge on any atom is -0.493 e. The monoisotopic (exact) mass is 470 g/mol. The SMILES string of the molecule is CCOc1cc(C(=O)N(C)Cc2cnc(C(C)O)c3cn[nH]c23)ccc1-c1ccc(Cl)s1. The molecule has 2 N–H and O–H groups in total. The fourth-order valence-corrected chi connectivity index (χ4v) is 4.67. The van der Waals surface area contributed by atoms with E-state index in [0.717, 1.165) is 26.9 Å². The first-order valence-corrected chi connectivity index (χ1v) is 11.4. The Balaban J connectivity index is 1.60. The van der Waals surface area contributed by atoms with E-state index in [-0.39, 0.29) is 5.91 Å². The van der Waals surface area contributed by atoms with Crippen molar-refractivity contribution in [2.24, 2.45) is 0 Å². The number of carbonyl (C=O) groups is 1. The van der Waals surface area contributed by atoms with Gasteiger partial charge in [0.15, 0.2) is 0 Å². The fourth-order valence-electron chi connectivity index (χ4n) is 3.60. The molecule has 1 unspecified atom stereocenters. The average molecular weight is 471 g/mol. The first-order valence-electron chi connectivity index (χ1n) is 10.2. The molecule has 0 spiro atoms. The maximum atomic E-state index is 13.2. The molecule has 4 rings (SSSR count). The second-order valence-corrected chi connectivity index (χ2v) is 9.13. The topological polar surface area (TPSA) is 91.3 Å². The van der Waals surface area contributed by atoms with E-state index in [4.69, 9.17) is 16.3 Å².